The summed E-state index contributed by atoms with van der Waals surface area (Å²) >= 11 is 0. The Kier molecular flexibility index (Phi) is 5.06. The molecule has 4 N–H and O–H groups in total. The Labute approximate surface area is 77.3 Å². The van der Waals surface area contributed by atoms with Gasteiger partial charge < -0.3 is 16.2 Å². The van der Waals surface area contributed by atoms with Gasteiger partial charge in [-0.1, -0.05) is 20.3 Å². The van der Waals surface area contributed by atoms with Crippen LogP contribution in [0.5, 0.6) is 0 Å². The molecule has 0 spiro atoms. The zero-order valence-electron chi connectivity index (χ0n) is 7.91. The van der Waals surface area contributed by atoms with Crippen molar-refractivity contribution in [1.82, 2.24) is 5.32 Å². The molecule has 0 radical (unpaired) electrons. The average molecular weight is 198 g/mol. The first-order chi connectivity index (χ1) is 6.02. The summed E-state index contributed by atoms with van der Waals surface area (Å²) in [5.74, 6) is -1.54. The summed E-state index contributed by atoms with van der Waals surface area (Å²) in [6, 6.07) is -0.832. The van der Waals surface area contributed by atoms with E-state index >= 15 is 0 Å². The van der Waals surface area contributed by atoms with E-state index in [4.69, 9.17) is 10.8 Å². The molecular formula is C8H16N2O3. The molecule has 0 rings (SSSR count). The fourth-order valence-corrected chi connectivity index (χ4v) is 0.915. The Morgan fingerprint density at radius 3 is 2.38 bits per heavy atom. The molecule has 0 aliphatic heterocycles. The first-order valence-electron chi connectivity index (χ1n) is 4.25. The second kappa shape index (κ2) is 5.53. The Morgan fingerprint density at radius 2 is 2.08 bits per heavy atom. The number of carbonyl (C=O) groups is 2. The molecule has 0 saturated heterocycles. The monoisotopic (exact) mass is 198 g/mol. The van der Waals surface area contributed by atoms with Crippen LogP contribution >= 0.6 is 0 Å². The van der Waals surface area contributed by atoms with Gasteiger partial charge in [-0.2, -0.15) is 0 Å². The van der Waals surface area contributed by atoms with Gasteiger partial charge in [0, 0.05) is 0 Å². The number of nitrogens with one attached hydrogen (secondary N) is 1. The quantitative estimate of drug-likeness (QED) is 0.412. The summed E-state index contributed by atoms with van der Waals surface area (Å²) in [7, 11) is 0. The van der Waals surface area contributed by atoms with Crippen molar-refractivity contribution in [1.29, 1.82) is 0 Å². The van der Waals surface area contributed by atoms with E-state index in [1.54, 1.807) is 6.92 Å². The highest BCUT2D eigenvalue weighted by molar-refractivity contribution is 5.84. The number of carbonyl (C=O) groups excluding carboxylic acids is 1. The minimum absolute atomic E-state index is 0.0898. The molecule has 5 heteroatoms. The number of rotatable bonds is 5. The first kappa shape index (κ1) is 11.9. The third-order valence-corrected chi connectivity index (χ3v) is 1.98. The lowest BCUT2D eigenvalue weighted by atomic mass is 11.0. The highest BCUT2D eigenvalue weighted by Gasteiger charge is 2.24. The van der Waals surface area contributed by atoms with Crippen molar-refractivity contribution in [2.45, 2.75) is 26.3 Å². The number of carboxylic acids is 1. The van der Waals surface area contributed by atoms with Crippen molar-refractivity contribution in [3.05, 3.63) is 0 Å². The maximum absolute atomic E-state index is 10.8. The maximum Gasteiger partial charge on any atom is 0.326 e. The Bertz CT molecular complexity index is 194. The molecular weight excluding hydrogens is 182 g/mol. The number of hydrogen-bond donors (Lipinski definition) is 3. The SMILES string of the molecule is [13CH3][13CH2][13C@H]([13CH3])[13C@H]([15NH][13C](=O)[13CH2][15NH2])[13C](=O)O. The van der Waals surface area contributed by atoms with Gasteiger partial charge in [0.1, 0.15) is 6.04 Å². The van der Waals surface area contributed by atoms with Crippen LogP contribution in [0.2, 0.25) is 0 Å². The molecule has 2 atom stereocenters. The van der Waals surface area contributed by atoms with Crippen molar-refractivity contribution in [2.24, 2.45) is 11.7 Å². The molecule has 0 aromatic carbocycles. The van der Waals surface area contributed by atoms with E-state index in [2.05, 4.69) is 5.32 Å². The van der Waals surface area contributed by atoms with E-state index < -0.39 is 17.9 Å². The summed E-state index contributed by atoms with van der Waals surface area (Å²) < 4.78 is 0. The standard InChI is InChI=1S/C8H16N2O3/c1-3-5(2)7(8(12)13)10-6(11)4-9/h5,7H,3-4,9H2,1-2H3,(H,10,11)(H,12,13)/t5-,7-/m0/s1/i1+1,2+1,3+1,4+1,5+1,6+1,7+1,8+1,9+1,10+1. The van der Waals surface area contributed by atoms with Crippen LogP contribution in [0.4, 0.5) is 0 Å². The molecule has 0 aliphatic carbocycles. The lowest BCUT2D eigenvalue weighted by Gasteiger charge is -2.19. The topological polar surface area (TPSA) is 92.4 Å². The molecule has 0 heterocycles. The minimum atomic E-state index is -1.02. The van der Waals surface area contributed by atoms with Gasteiger partial charge in [0.15, 0.2) is 0 Å². The van der Waals surface area contributed by atoms with Crippen LogP contribution < -0.4 is 11.1 Å². The van der Waals surface area contributed by atoms with E-state index in [1.165, 1.54) is 0 Å². The van der Waals surface area contributed by atoms with Gasteiger partial charge in [0.25, 0.3) is 0 Å². The highest BCUT2D eigenvalue weighted by Crippen LogP contribution is 2.07. The molecule has 0 bridgehead atoms. The van der Waals surface area contributed by atoms with Crippen LogP contribution in [-0.4, -0.2) is 29.6 Å². The van der Waals surface area contributed by atoms with Crippen LogP contribution in [0.3, 0.4) is 0 Å². The van der Waals surface area contributed by atoms with E-state index in [0.717, 1.165) is 0 Å². The predicted octanol–water partition coefficient (Wildman–Crippen LogP) is -0.439. The first-order valence-corrected chi connectivity index (χ1v) is 4.25. The van der Waals surface area contributed by atoms with E-state index in [9.17, 15) is 9.59 Å². The zero-order valence-corrected chi connectivity index (χ0v) is 7.91. The second-order valence-electron chi connectivity index (χ2n) is 2.97. The summed E-state index contributed by atoms with van der Waals surface area (Å²) in [4.78, 5) is 21.5. The van der Waals surface area contributed by atoms with Gasteiger partial charge in [0.05, 0.1) is 6.54 Å². The second-order valence-corrected chi connectivity index (χ2v) is 2.97. The normalized spacial score (nSPS) is 14.7. The summed E-state index contributed by atoms with van der Waals surface area (Å²) in [5.41, 5.74) is 5.06. The molecule has 0 unspecified atom stereocenters. The Morgan fingerprint density at radius 1 is 1.54 bits per heavy atom. The zero-order chi connectivity index (χ0) is 10.4. The van der Waals surface area contributed by atoms with Gasteiger partial charge in [-0.05, 0) is 5.92 Å². The molecule has 0 aliphatic rings. The molecule has 1 amide bonds. The van der Waals surface area contributed by atoms with Crippen molar-refractivity contribution in [2.75, 3.05) is 6.54 Å². The highest BCUT2D eigenvalue weighted by atomic mass is 16.5. The lowest BCUT2D eigenvalue weighted by Crippen LogP contribution is -2.47. The van der Waals surface area contributed by atoms with E-state index in [0.29, 0.717) is 6.42 Å². The Balaban J connectivity index is 4.26. The van der Waals surface area contributed by atoms with E-state index in [-0.39, 0.29) is 12.5 Å². The minimum Gasteiger partial charge on any atom is -0.480 e. The molecule has 0 aromatic heterocycles. The molecule has 76 valence electrons. The fourth-order valence-electron chi connectivity index (χ4n) is 0.915. The maximum atomic E-state index is 10.8. The van der Waals surface area contributed by atoms with Crippen LogP contribution in [0.25, 0.3) is 0 Å². The van der Waals surface area contributed by atoms with Crippen molar-refractivity contribution >= 4 is 11.9 Å². The smallest absolute Gasteiger partial charge is 0.326 e. The van der Waals surface area contributed by atoms with Gasteiger partial charge in [-0.3, -0.25) is 4.79 Å². The van der Waals surface area contributed by atoms with Crippen LogP contribution in [0.1, 0.15) is 20.3 Å². The number of aliphatic carboxylic acids is 1. The summed E-state index contributed by atoms with van der Waals surface area (Å²) in [5, 5.41) is 11.1. The van der Waals surface area contributed by atoms with Gasteiger partial charge in [-0.15, -0.1) is 0 Å². The molecule has 13 heavy (non-hydrogen) atoms. The van der Waals surface area contributed by atoms with Crippen molar-refractivity contribution in [3.63, 3.8) is 0 Å². The van der Waals surface area contributed by atoms with Crippen molar-refractivity contribution in [3.8, 4) is 0 Å². The van der Waals surface area contributed by atoms with Gasteiger partial charge in [0.2, 0.25) is 5.91 Å². The molecule has 5 nitrogen and oxygen atoms in total. The molecule has 0 saturated carbocycles. The lowest BCUT2D eigenvalue weighted by molar-refractivity contribution is -0.143. The molecule has 0 fully saturated rings. The Hall–Kier alpha value is -1.10. The molecule has 0 aromatic rings. The summed E-state index contributed by atoms with van der Waals surface area (Å²) in [6.07, 6.45) is 0.696. The van der Waals surface area contributed by atoms with Crippen LogP contribution in [-0.2, 0) is 9.59 Å². The summed E-state index contributed by atoms with van der Waals surface area (Å²) in [6.45, 7) is 3.46. The number of nitrogens with two attached hydrogens (primary N) is 1. The average Bonchev–Trinajstić information content (AvgIpc) is 2.11. The number of carboxylic acid groups (broad SMARTS) is 1. The number of amides is 1. The van der Waals surface area contributed by atoms with Gasteiger partial charge in [-0.25, -0.2) is 4.79 Å². The van der Waals surface area contributed by atoms with E-state index in [1.807, 2.05) is 6.92 Å². The predicted molar refractivity (Wildman–Crippen MR) is 48.1 cm³/mol. The number of hydrogen-bond acceptors (Lipinski definition) is 3. The van der Waals surface area contributed by atoms with Crippen LogP contribution in [0.15, 0.2) is 0 Å². The third-order valence-electron chi connectivity index (χ3n) is 1.98. The van der Waals surface area contributed by atoms with Crippen molar-refractivity contribution < 1.29 is 14.7 Å². The van der Waals surface area contributed by atoms with Gasteiger partial charge >= 0.3 is 5.97 Å². The third kappa shape index (κ3) is 3.89. The van der Waals surface area contributed by atoms with Crippen LogP contribution in [0, 0.1) is 5.92 Å². The fraction of sp³-hybridized carbons (Fsp3) is 0.750. The largest absolute Gasteiger partial charge is 0.480 e.